The molecule has 92 valence electrons. The Bertz CT molecular complexity index is 421. The van der Waals surface area contributed by atoms with E-state index >= 15 is 0 Å². The molecule has 1 spiro atoms. The summed E-state index contributed by atoms with van der Waals surface area (Å²) >= 11 is 0. The number of nitrogens with two attached hydrogens (primary N) is 1. The average Bonchev–Trinajstić information content (AvgIpc) is 2.63. The van der Waals surface area contributed by atoms with Crippen molar-refractivity contribution in [3.8, 4) is 0 Å². The second-order valence-corrected chi connectivity index (χ2v) is 5.43. The number of fused-ring (bicyclic) bond motifs is 1. The zero-order valence-electron chi connectivity index (χ0n) is 10.4. The van der Waals surface area contributed by atoms with E-state index in [9.17, 15) is 0 Å². The summed E-state index contributed by atoms with van der Waals surface area (Å²) in [5, 5.41) is 6.64. The summed E-state index contributed by atoms with van der Waals surface area (Å²) in [6.45, 7) is 2.22. The fourth-order valence-electron chi connectivity index (χ4n) is 3.43. The molecule has 4 N–H and O–H groups in total. The van der Waals surface area contributed by atoms with Gasteiger partial charge in [-0.1, -0.05) is 6.07 Å². The predicted molar refractivity (Wildman–Crippen MR) is 71.2 cm³/mol. The first-order chi connectivity index (χ1) is 8.25. The van der Waals surface area contributed by atoms with Crippen LogP contribution in [0.4, 0.5) is 5.69 Å². The molecular weight excluding hydrogens is 210 g/mol. The van der Waals surface area contributed by atoms with E-state index in [1.807, 2.05) is 7.05 Å². The van der Waals surface area contributed by atoms with Crippen molar-refractivity contribution < 1.29 is 0 Å². The third kappa shape index (κ3) is 1.65. The number of nitrogens with one attached hydrogen (secondary N) is 2. The lowest BCUT2D eigenvalue weighted by Gasteiger charge is -2.37. The number of anilines is 1. The monoisotopic (exact) mass is 231 g/mol. The third-order valence-corrected chi connectivity index (χ3v) is 4.57. The zero-order valence-corrected chi connectivity index (χ0v) is 10.4. The van der Waals surface area contributed by atoms with Crippen LogP contribution in [-0.4, -0.2) is 20.1 Å². The van der Waals surface area contributed by atoms with Gasteiger partial charge in [-0.3, -0.25) is 0 Å². The molecule has 1 aromatic rings. The van der Waals surface area contributed by atoms with Crippen LogP contribution >= 0.6 is 0 Å². The van der Waals surface area contributed by atoms with Crippen LogP contribution in [-0.2, 0) is 6.42 Å². The Morgan fingerprint density at radius 1 is 1.35 bits per heavy atom. The Kier molecular flexibility index (Phi) is 2.60. The molecule has 1 saturated heterocycles. The first-order valence-corrected chi connectivity index (χ1v) is 6.52. The average molecular weight is 231 g/mol. The normalized spacial score (nSPS) is 25.9. The van der Waals surface area contributed by atoms with Gasteiger partial charge < -0.3 is 16.4 Å². The van der Waals surface area contributed by atoms with Crippen LogP contribution in [0.1, 0.15) is 30.0 Å². The predicted octanol–water partition coefficient (Wildman–Crippen LogP) is 1.65. The lowest BCUT2D eigenvalue weighted by molar-refractivity contribution is 0.174. The quantitative estimate of drug-likeness (QED) is 0.689. The highest BCUT2D eigenvalue weighted by Crippen LogP contribution is 2.50. The van der Waals surface area contributed by atoms with Gasteiger partial charge >= 0.3 is 0 Å². The van der Waals surface area contributed by atoms with Gasteiger partial charge in [-0.05, 0) is 61.0 Å². The van der Waals surface area contributed by atoms with Gasteiger partial charge in [0, 0.05) is 18.8 Å². The van der Waals surface area contributed by atoms with E-state index in [-0.39, 0.29) is 6.04 Å². The van der Waals surface area contributed by atoms with Crippen molar-refractivity contribution in [2.45, 2.75) is 25.3 Å². The Balaban J connectivity index is 1.96. The Morgan fingerprint density at radius 3 is 2.82 bits per heavy atom. The van der Waals surface area contributed by atoms with E-state index in [4.69, 9.17) is 5.73 Å². The molecule has 3 heteroatoms. The highest BCUT2D eigenvalue weighted by Gasteiger charge is 2.44. The summed E-state index contributed by atoms with van der Waals surface area (Å²) < 4.78 is 0. The Morgan fingerprint density at radius 2 is 2.12 bits per heavy atom. The standard InChI is InChI=1S/C14H21N3/c1-16-11-3-2-10-9-14(4-6-17-7-5-14)13(15)12(10)8-11/h2-3,8,13,16-17H,4-7,9,15H2,1H3. The molecule has 1 atom stereocenters. The molecule has 0 amide bonds. The lowest BCUT2D eigenvalue weighted by atomic mass is 9.73. The van der Waals surface area contributed by atoms with Crippen LogP contribution < -0.4 is 16.4 Å². The van der Waals surface area contributed by atoms with Crippen molar-refractivity contribution in [3.63, 3.8) is 0 Å². The molecule has 1 unspecified atom stereocenters. The summed E-state index contributed by atoms with van der Waals surface area (Å²) in [7, 11) is 1.96. The van der Waals surface area contributed by atoms with Gasteiger partial charge in [-0.15, -0.1) is 0 Å². The van der Waals surface area contributed by atoms with Crippen molar-refractivity contribution >= 4 is 5.69 Å². The minimum Gasteiger partial charge on any atom is -0.388 e. The van der Waals surface area contributed by atoms with Gasteiger partial charge in [0.25, 0.3) is 0 Å². The van der Waals surface area contributed by atoms with Crippen molar-refractivity contribution in [1.82, 2.24) is 5.32 Å². The molecule has 1 aliphatic carbocycles. The summed E-state index contributed by atoms with van der Waals surface area (Å²) in [4.78, 5) is 0. The first-order valence-electron chi connectivity index (χ1n) is 6.52. The molecule has 1 aliphatic heterocycles. The van der Waals surface area contributed by atoms with E-state index in [2.05, 4.69) is 28.8 Å². The summed E-state index contributed by atoms with van der Waals surface area (Å²) in [6.07, 6.45) is 3.57. The minimum atomic E-state index is 0.216. The van der Waals surface area contributed by atoms with Crippen molar-refractivity contribution in [2.24, 2.45) is 11.1 Å². The maximum atomic E-state index is 6.52. The third-order valence-electron chi connectivity index (χ3n) is 4.57. The number of hydrogen-bond acceptors (Lipinski definition) is 3. The number of rotatable bonds is 1. The number of benzene rings is 1. The van der Waals surface area contributed by atoms with E-state index in [0.717, 1.165) is 19.5 Å². The summed E-state index contributed by atoms with van der Waals surface area (Å²) in [6, 6.07) is 6.85. The van der Waals surface area contributed by atoms with E-state index in [0.29, 0.717) is 5.41 Å². The van der Waals surface area contributed by atoms with Gasteiger partial charge in [-0.25, -0.2) is 0 Å². The number of piperidine rings is 1. The van der Waals surface area contributed by atoms with Gasteiger partial charge in [0.2, 0.25) is 0 Å². The highest BCUT2D eigenvalue weighted by molar-refractivity contribution is 5.52. The molecule has 17 heavy (non-hydrogen) atoms. The Labute approximate surface area is 103 Å². The molecule has 1 fully saturated rings. The SMILES string of the molecule is CNc1ccc2c(c1)C(N)C1(CCNCC1)C2. The van der Waals surface area contributed by atoms with E-state index in [1.165, 1.54) is 29.7 Å². The topological polar surface area (TPSA) is 50.1 Å². The molecule has 2 aliphatic rings. The van der Waals surface area contributed by atoms with Crippen LogP contribution in [0, 0.1) is 5.41 Å². The fraction of sp³-hybridized carbons (Fsp3) is 0.571. The van der Waals surface area contributed by atoms with Crippen LogP contribution in [0.25, 0.3) is 0 Å². The molecule has 0 bridgehead atoms. The van der Waals surface area contributed by atoms with Crippen LogP contribution in [0.3, 0.4) is 0 Å². The fourth-order valence-corrected chi connectivity index (χ4v) is 3.43. The van der Waals surface area contributed by atoms with Crippen LogP contribution in [0.2, 0.25) is 0 Å². The number of hydrogen-bond donors (Lipinski definition) is 3. The van der Waals surface area contributed by atoms with Crippen molar-refractivity contribution in [1.29, 1.82) is 0 Å². The van der Waals surface area contributed by atoms with Gasteiger partial charge in [0.1, 0.15) is 0 Å². The van der Waals surface area contributed by atoms with E-state index < -0.39 is 0 Å². The second-order valence-electron chi connectivity index (χ2n) is 5.43. The van der Waals surface area contributed by atoms with Gasteiger partial charge in [0.05, 0.1) is 0 Å². The van der Waals surface area contributed by atoms with Crippen molar-refractivity contribution in [2.75, 3.05) is 25.5 Å². The second kappa shape index (κ2) is 4.00. The maximum Gasteiger partial charge on any atom is 0.0359 e. The molecule has 3 nitrogen and oxygen atoms in total. The lowest BCUT2D eigenvalue weighted by Crippen LogP contribution is -2.42. The van der Waals surface area contributed by atoms with Crippen LogP contribution in [0.5, 0.6) is 0 Å². The van der Waals surface area contributed by atoms with Gasteiger partial charge in [0.15, 0.2) is 0 Å². The van der Waals surface area contributed by atoms with E-state index in [1.54, 1.807) is 0 Å². The summed E-state index contributed by atoms with van der Waals surface area (Å²) in [5.41, 5.74) is 10.8. The molecule has 0 saturated carbocycles. The minimum absolute atomic E-state index is 0.216. The molecular formula is C14H21N3. The first kappa shape index (κ1) is 11.1. The maximum absolute atomic E-state index is 6.52. The molecule has 0 aromatic heterocycles. The van der Waals surface area contributed by atoms with Crippen LogP contribution in [0.15, 0.2) is 18.2 Å². The highest BCUT2D eigenvalue weighted by atomic mass is 14.9. The largest absolute Gasteiger partial charge is 0.388 e. The molecule has 3 rings (SSSR count). The van der Waals surface area contributed by atoms with Gasteiger partial charge in [-0.2, -0.15) is 0 Å². The summed E-state index contributed by atoms with van der Waals surface area (Å²) in [5.74, 6) is 0. The Hall–Kier alpha value is -1.06. The zero-order chi connectivity index (χ0) is 11.9. The molecule has 1 aromatic carbocycles. The smallest absolute Gasteiger partial charge is 0.0359 e. The van der Waals surface area contributed by atoms with Crippen molar-refractivity contribution in [3.05, 3.63) is 29.3 Å². The molecule has 1 heterocycles. The molecule has 0 radical (unpaired) electrons.